The van der Waals surface area contributed by atoms with Crippen molar-refractivity contribution in [2.24, 2.45) is 7.05 Å². The van der Waals surface area contributed by atoms with Gasteiger partial charge in [-0.25, -0.2) is 4.98 Å². The van der Waals surface area contributed by atoms with E-state index < -0.39 is 0 Å². The normalized spacial score (nSPS) is 10.9. The molecular weight excluding hydrogens is 366 g/mol. The maximum absolute atomic E-state index is 5.43. The number of methoxy groups -OCH3 is 2. The molecule has 2 aromatic heterocycles. The van der Waals surface area contributed by atoms with Crippen LogP contribution in [0.3, 0.4) is 0 Å². The van der Waals surface area contributed by atoms with Crippen molar-refractivity contribution in [3.63, 3.8) is 0 Å². The lowest BCUT2D eigenvalue weighted by atomic mass is 10.2. The first-order valence-corrected chi connectivity index (χ1v) is 9.37. The number of hydrogen-bond donors (Lipinski definition) is 0. The number of hydrogen-bond acceptors (Lipinski definition) is 6. The van der Waals surface area contributed by atoms with Crippen LogP contribution in [0.1, 0.15) is 6.92 Å². The van der Waals surface area contributed by atoms with Gasteiger partial charge >= 0.3 is 0 Å². The predicted octanol–water partition coefficient (Wildman–Crippen LogP) is 4.21. The highest BCUT2D eigenvalue weighted by molar-refractivity contribution is 5.82. The molecule has 4 aromatic rings. The minimum Gasteiger partial charge on any atom is -0.497 e. The van der Waals surface area contributed by atoms with E-state index in [0.717, 1.165) is 51.7 Å². The molecule has 0 radical (unpaired) electrons. The quantitative estimate of drug-likeness (QED) is 0.492. The van der Waals surface area contributed by atoms with Gasteiger partial charge in [0.05, 0.1) is 43.3 Å². The zero-order chi connectivity index (χ0) is 20.4. The highest BCUT2D eigenvalue weighted by Crippen LogP contribution is 2.33. The van der Waals surface area contributed by atoms with Crippen LogP contribution in [-0.2, 0) is 7.05 Å². The topological polar surface area (TPSA) is 65.3 Å². The molecule has 0 amide bonds. The van der Waals surface area contributed by atoms with Crippen LogP contribution in [0.25, 0.3) is 22.3 Å². The molecule has 7 nitrogen and oxygen atoms in total. The van der Waals surface area contributed by atoms with E-state index in [2.05, 4.69) is 34.0 Å². The molecule has 4 rings (SSSR count). The van der Waals surface area contributed by atoms with Crippen molar-refractivity contribution in [1.82, 2.24) is 19.7 Å². The van der Waals surface area contributed by atoms with Crippen LogP contribution in [0.15, 0.2) is 55.0 Å². The summed E-state index contributed by atoms with van der Waals surface area (Å²) in [6, 6.07) is 11.9. The van der Waals surface area contributed by atoms with Crippen molar-refractivity contribution < 1.29 is 9.47 Å². The van der Waals surface area contributed by atoms with Crippen molar-refractivity contribution in [3.05, 3.63) is 55.0 Å². The van der Waals surface area contributed by atoms with Crippen LogP contribution in [-0.4, -0.2) is 40.5 Å². The number of aromatic nitrogens is 4. The average Bonchev–Trinajstić information content (AvgIpc) is 3.19. The summed E-state index contributed by atoms with van der Waals surface area (Å²) >= 11 is 0. The second-order valence-electron chi connectivity index (χ2n) is 6.65. The molecule has 0 aliphatic heterocycles. The van der Waals surface area contributed by atoms with Crippen LogP contribution in [0, 0.1) is 0 Å². The molecule has 148 valence electrons. The molecule has 2 aromatic carbocycles. The van der Waals surface area contributed by atoms with Crippen molar-refractivity contribution >= 4 is 22.4 Å². The maximum atomic E-state index is 5.43. The van der Waals surface area contributed by atoms with Gasteiger partial charge in [0.25, 0.3) is 0 Å². The van der Waals surface area contributed by atoms with E-state index in [4.69, 9.17) is 14.5 Å². The Morgan fingerprint density at radius 1 is 0.931 bits per heavy atom. The smallest absolute Gasteiger partial charge is 0.124 e. The first kappa shape index (κ1) is 18.7. The number of anilines is 2. The van der Waals surface area contributed by atoms with E-state index in [0.29, 0.717) is 0 Å². The molecule has 0 atom stereocenters. The lowest BCUT2D eigenvalue weighted by molar-refractivity contribution is 0.394. The largest absolute Gasteiger partial charge is 0.497 e. The minimum atomic E-state index is 0.747. The Morgan fingerprint density at radius 3 is 2.31 bits per heavy atom. The standard InChI is InChI=1S/C22H23N5O2/c1-5-27(17-8-18(28-3)11-19(9-17)29-4)16-6-7-20-21(10-16)25-22(13-23-20)15-12-24-26(2)14-15/h6-14H,5H2,1-4H3. The minimum absolute atomic E-state index is 0.747. The van der Waals surface area contributed by atoms with Gasteiger partial charge in [0, 0.05) is 54.9 Å². The van der Waals surface area contributed by atoms with Gasteiger partial charge in [0.1, 0.15) is 11.5 Å². The van der Waals surface area contributed by atoms with Crippen LogP contribution in [0.2, 0.25) is 0 Å². The molecule has 0 bridgehead atoms. The molecule has 0 unspecified atom stereocenters. The lowest BCUT2D eigenvalue weighted by Crippen LogP contribution is -2.16. The molecule has 0 fully saturated rings. The number of rotatable bonds is 6. The second-order valence-corrected chi connectivity index (χ2v) is 6.65. The summed E-state index contributed by atoms with van der Waals surface area (Å²) in [5.41, 5.74) is 5.43. The van der Waals surface area contributed by atoms with Crippen molar-refractivity contribution in [3.8, 4) is 22.8 Å². The van der Waals surface area contributed by atoms with Gasteiger partial charge in [0.2, 0.25) is 0 Å². The Bertz CT molecular complexity index is 1130. The third kappa shape index (κ3) is 3.71. The van der Waals surface area contributed by atoms with Crippen molar-refractivity contribution in [1.29, 1.82) is 0 Å². The van der Waals surface area contributed by atoms with Gasteiger partial charge in [-0.3, -0.25) is 9.67 Å². The van der Waals surface area contributed by atoms with E-state index in [9.17, 15) is 0 Å². The van der Waals surface area contributed by atoms with Gasteiger partial charge in [-0.1, -0.05) is 0 Å². The molecule has 2 heterocycles. The van der Waals surface area contributed by atoms with Gasteiger partial charge in [-0.05, 0) is 25.1 Å². The number of nitrogens with zero attached hydrogens (tertiary/aromatic N) is 5. The molecule has 0 saturated carbocycles. The summed E-state index contributed by atoms with van der Waals surface area (Å²) in [6.45, 7) is 2.88. The molecule has 0 saturated heterocycles. The fourth-order valence-electron chi connectivity index (χ4n) is 3.32. The summed E-state index contributed by atoms with van der Waals surface area (Å²) in [6.07, 6.45) is 5.50. The van der Waals surface area contributed by atoms with E-state index in [1.54, 1.807) is 31.3 Å². The molecule has 7 heteroatoms. The second kappa shape index (κ2) is 7.79. The SMILES string of the molecule is CCN(c1cc(OC)cc(OC)c1)c1ccc2ncc(-c3cnn(C)c3)nc2c1. The highest BCUT2D eigenvalue weighted by Gasteiger charge is 2.13. The van der Waals surface area contributed by atoms with Crippen LogP contribution in [0.5, 0.6) is 11.5 Å². The monoisotopic (exact) mass is 389 g/mol. The molecular formula is C22H23N5O2. The average molecular weight is 389 g/mol. The summed E-state index contributed by atoms with van der Waals surface area (Å²) in [5.74, 6) is 1.49. The first-order valence-electron chi connectivity index (χ1n) is 9.37. The molecule has 0 N–H and O–H groups in total. The van der Waals surface area contributed by atoms with Gasteiger partial charge in [0.15, 0.2) is 0 Å². The number of fused-ring (bicyclic) bond motifs is 1. The van der Waals surface area contributed by atoms with E-state index in [1.165, 1.54) is 0 Å². The van der Waals surface area contributed by atoms with Crippen LogP contribution in [0.4, 0.5) is 11.4 Å². The zero-order valence-electron chi connectivity index (χ0n) is 17.0. The first-order chi connectivity index (χ1) is 14.1. The molecule has 0 aliphatic rings. The Balaban J connectivity index is 1.77. The summed E-state index contributed by atoms with van der Waals surface area (Å²) in [4.78, 5) is 11.6. The number of benzene rings is 2. The number of aryl methyl sites for hydroxylation is 1. The third-order valence-electron chi connectivity index (χ3n) is 4.80. The van der Waals surface area contributed by atoms with E-state index >= 15 is 0 Å². The Hall–Kier alpha value is -3.61. The fraction of sp³-hybridized carbons (Fsp3) is 0.227. The third-order valence-corrected chi connectivity index (χ3v) is 4.80. The zero-order valence-corrected chi connectivity index (χ0v) is 17.0. The summed E-state index contributed by atoms with van der Waals surface area (Å²) in [7, 11) is 5.19. The Morgan fingerprint density at radius 2 is 1.69 bits per heavy atom. The van der Waals surface area contributed by atoms with Gasteiger partial charge in [-0.2, -0.15) is 5.10 Å². The van der Waals surface area contributed by atoms with Gasteiger partial charge < -0.3 is 14.4 Å². The van der Waals surface area contributed by atoms with Crippen LogP contribution >= 0.6 is 0 Å². The molecule has 0 spiro atoms. The van der Waals surface area contributed by atoms with E-state index in [-0.39, 0.29) is 0 Å². The Labute approximate surface area is 169 Å². The Kier molecular flexibility index (Phi) is 5.03. The fourth-order valence-corrected chi connectivity index (χ4v) is 3.32. The predicted molar refractivity (Wildman–Crippen MR) is 114 cm³/mol. The highest BCUT2D eigenvalue weighted by atomic mass is 16.5. The van der Waals surface area contributed by atoms with Crippen molar-refractivity contribution in [2.75, 3.05) is 25.7 Å². The molecule has 29 heavy (non-hydrogen) atoms. The number of ether oxygens (including phenoxy) is 2. The summed E-state index contributed by atoms with van der Waals surface area (Å²) in [5, 5.41) is 4.22. The maximum Gasteiger partial charge on any atom is 0.124 e. The van der Waals surface area contributed by atoms with Crippen molar-refractivity contribution in [2.45, 2.75) is 6.92 Å². The van der Waals surface area contributed by atoms with E-state index in [1.807, 2.05) is 37.5 Å². The van der Waals surface area contributed by atoms with Crippen LogP contribution < -0.4 is 14.4 Å². The van der Waals surface area contributed by atoms with Gasteiger partial charge in [-0.15, -0.1) is 0 Å². The lowest BCUT2D eigenvalue weighted by Gasteiger charge is -2.24. The molecule has 0 aliphatic carbocycles. The summed E-state index contributed by atoms with van der Waals surface area (Å²) < 4.78 is 12.6.